The van der Waals surface area contributed by atoms with Crippen LogP contribution in [0.25, 0.3) is 0 Å². The van der Waals surface area contributed by atoms with Gasteiger partial charge >= 0.3 is 0 Å². The fraction of sp³-hybridized carbons (Fsp3) is 0.350. The van der Waals surface area contributed by atoms with Crippen molar-refractivity contribution in [2.75, 3.05) is 27.3 Å². The van der Waals surface area contributed by atoms with Gasteiger partial charge in [-0.15, -0.1) is 0 Å². The zero-order valence-electron chi connectivity index (χ0n) is 15.9. The van der Waals surface area contributed by atoms with Crippen LogP contribution in [0.4, 0.5) is 4.39 Å². The van der Waals surface area contributed by atoms with Gasteiger partial charge in [-0.05, 0) is 43.2 Å². The summed E-state index contributed by atoms with van der Waals surface area (Å²) in [5, 5.41) is 3.07. The fourth-order valence-electron chi connectivity index (χ4n) is 2.46. The van der Waals surface area contributed by atoms with Gasteiger partial charge in [0.1, 0.15) is 17.7 Å². The summed E-state index contributed by atoms with van der Waals surface area (Å²) in [5.41, 5.74) is 6.98. The summed E-state index contributed by atoms with van der Waals surface area (Å²) in [6.07, 6.45) is 0.532. The largest absolute Gasteiger partial charge is 0.493 e. The van der Waals surface area contributed by atoms with E-state index in [1.54, 1.807) is 26.4 Å². The molecular weight excluding hydrogens is 349 g/mol. The summed E-state index contributed by atoms with van der Waals surface area (Å²) in [5.74, 6) is 1.87. The number of ether oxygens (including phenoxy) is 3. The van der Waals surface area contributed by atoms with Gasteiger partial charge in [0.2, 0.25) is 0 Å². The summed E-state index contributed by atoms with van der Waals surface area (Å²) < 4.78 is 29.3. The molecule has 0 aliphatic carbocycles. The highest BCUT2D eigenvalue weighted by atomic mass is 19.1. The maximum atomic E-state index is 13.1. The van der Waals surface area contributed by atoms with Gasteiger partial charge in [-0.1, -0.05) is 12.1 Å². The average molecular weight is 375 g/mol. The Balaban J connectivity index is 1.77. The Morgan fingerprint density at radius 1 is 1.15 bits per heavy atom. The second-order valence-electron chi connectivity index (χ2n) is 5.98. The highest BCUT2D eigenvalue weighted by molar-refractivity contribution is 5.77. The molecule has 3 N–H and O–H groups in total. The van der Waals surface area contributed by atoms with Crippen LogP contribution >= 0.6 is 0 Å². The van der Waals surface area contributed by atoms with Gasteiger partial charge in [0, 0.05) is 12.6 Å². The molecule has 0 amide bonds. The highest BCUT2D eigenvalue weighted by Gasteiger charge is 2.06. The molecule has 0 bridgehead atoms. The molecule has 146 valence electrons. The number of aliphatic imine (C=N–C) groups is 1. The molecule has 2 rings (SSSR count). The number of nitrogens with one attached hydrogen (secondary N) is 1. The van der Waals surface area contributed by atoms with Crippen LogP contribution in [-0.2, 0) is 6.42 Å². The van der Waals surface area contributed by atoms with Crippen LogP contribution in [0.3, 0.4) is 0 Å². The van der Waals surface area contributed by atoms with Gasteiger partial charge in [0.25, 0.3) is 0 Å². The minimum atomic E-state index is -0.334. The Hall–Kier alpha value is -2.96. The molecule has 0 heterocycles. The first kappa shape index (κ1) is 20.4. The van der Waals surface area contributed by atoms with Crippen molar-refractivity contribution in [3.8, 4) is 17.2 Å². The molecule has 1 unspecified atom stereocenters. The Morgan fingerprint density at radius 2 is 1.93 bits per heavy atom. The molecule has 0 aliphatic rings. The molecule has 2 aromatic rings. The molecule has 0 aromatic heterocycles. The molecule has 6 nitrogen and oxygen atoms in total. The molecule has 27 heavy (non-hydrogen) atoms. The molecule has 7 heteroatoms. The second-order valence-corrected chi connectivity index (χ2v) is 5.98. The Morgan fingerprint density at radius 3 is 2.63 bits per heavy atom. The number of benzene rings is 2. The molecule has 0 spiro atoms. The van der Waals surface area contributed by atoms with Crippen molar-refractivity contribution >= 4 is 5.96 Å². The summed E-state index contributed by atoms with van der Waals surface area (Å²) >= 11 is 0. The summed E-state index contributed by atoms with van der Waals surface area (Å²) in [7, 11) is 3.22. The minimum Gasteiger partial charge on any atom is -0.493 e. The maximum absolute atomic E-state index is 13.1. The molecular formula is C20H26FN3O3. The number of methoxy groups -OCH3 is 2. The molecule has 0 fully saturated rings. The lowest BCUT2D eigenvalue weighted by atomic mass is 10.1. The number of guanidine groups is 1. The van der Waals surface area contributed by atoms with E-state index in [4.69, 9.17) is 19.9 Å². The lowest BCUT2D eigenvalue weighted by Crippen LogP contribution is -2.34. The zero-order valence-corrected chi connectivity index (χ0v) is 15.9. The summed E-state index contributed by atoms with van der Waals surface area (Å²) in [6.45, 7) is 2.85. The van der Waals surface area contributed by atoms with Gasteiger partial charge in [0.05, 0.1) is 20.8 Å². The van der Waals surface area contributed by atoms with Gasteiger partial charge in [-0.2, -0.15) is 0 Å². The van der Waals surface area contributed by atoms with Crippen molar-refractivity contribution in [3.05, 3.63) is 53.8 Å². The lowest BCUT2D eigenvalue weighted by Gasteiger charge is -2.13. The molecule has 0 saturated heterocycles. The Kier molecular flexibility index (Phi) is 7.73. The quantitative estimate of drug-likeness (QED) is 0.521. The lowest BCUT2D eigenvalue weighted by molar-refractivity contribution is 0.229. The SMILES string of the molecule is COc1ccc(CCNC(N)=NCC(C)Oc2cccc(F)c2)cc1OC. The minimum absolute atomic E-state index is 0.224. The van der Waals surface area contributed by atoms with Crippen LogP contribution in [0, 0.1) is 5.82 Å². The number of nitrogens with two attached hydrogens (primary N) is 1. The van der Waals surface area contributed by atoms with Crippen LogP contribution in [0.15, 0.2) is 47.5 Å². The first-order chi connectivity index (χ1) is 13.0. The van der Waals surface area contributed by atoms with Gasteiger partial charge in [0.15, 0.2) is 17.5 Å². The first-order valence-electron chi connectivity index (χ1n) is 8.68. The van der Waals surface area contributed by atoms with Crippen LogP contribution in [0.2, 0.25) is 0 Å². The smallest absolute Gasteiger partial charge is 0.188 e. The molecule has 2 aromatic carbocycles. The molecule has 1 atom stereocenters. The highest BCUT2D eigenvalue weighted by Crippen LogP contribution is 2.27. The summed E-state index contributed by atoms with van der Waals surface area (Å²) in [6, 6.07) is 11.8. The zero-order chi connectivity index (χ0) is 19.6. The van der Waals surface area contributed by atoms with E-state index < -0.39 is 0 Å². The molecule has 0 radical (unpaired) electrons. The monoisotopic (exact) mass is 375 g/mol. The Labute approximate surface area is 159 Å². The average Bonchev–Trinajstić information content (AvgIpc) is 2.66. The third kappa shape index (κ3) is 6.69. The van der Waals surface area contributed by atoms with E-state index in [2.05, 4.69) is 10.3 Å². The van der Waals surface area contributed by atoms with Gasteiger partial charge < -0.3 is 25.3 Å². The van der Waals surface area contributed by atoms with Crippen LogP contribution in [0.5, 0.6) is 17.2 Å². The first-order valence-corrected chi connectivity index (χ1v) is 8.68. The van der Waals surface area contributed by atoms with Crippen molar-refractivity contribution in [3.63, 3.8) is 0 Å². The summed E-state index contributed by atoms with van der Waals surface area (Å²) in [4.78, 5) is 4.25. The van der Waals surface area contributed by atoms with Crippen LogP contribution in [0.1, 0.15) is 12.5 Å². The van der Waals surface area contributed by atoms with Crippen LogP contribution < -0.4 is 25.3 Å². The number of rotatable bonds is 9. The van der Waals surface area contributed by atoms with E-state index >= 15 is 0 Å². The third-order valence-corrected chi connectivity index (χ3v) is 3.82. The predicted octanol–water partition coefficient (Wildman–Crippen LogP) is 2.76. The van der Waals surface area contributed by atoms with E-state index in [1.165, 1.54) is 12.1 Å². The van der Waals surface area contributed by atoms with E-state index in [0.29, 0.717) is 36.3 Å². The van der Waals surface area contributed by atoms with Gasteiger partial charge in [-0.25, -0.2) is 9.38 Å². The number of hydrogen-bond acceptors (Lipinski definition) is 4. The van der Waals surface area contributed by atoms with E-state index in [0.717, 1.165) is 12.0 Å². The van der Waals surface area contributed by atoms with E-state index in [1.807, 2.05) is 25.1 Å². The number of hydrogen-bond donors (Lipinski definition) is 2. The third-order valence-electron chi connectivity index (χ3n) is 3.82. The van der Waals surface area contributed by atoms with E-state index in [9.17, 15) is 4.39 Å². The standard InChI is InChI=1S/C20H26FN3O3/c1-14(27-17-6-4-5-16(21)12-17)13-24-20(22)23-10-9-15-7-8-18(25-2)19(11-15)26-3/h4-8,11-12,14H,9-10,13H2,1-3H3,(H3,22,23,24). The van der Waals surface area contributed by atoms with E-state index in [-0.39, 0.29) is 11.9 Å². The molecule has 0 aliphatic heterocycles. The Bertz CT molecular complexity index is 768. The van der Waals surface area contributed by atoms with Crippen LogP contribution in [-0.4, -0.2) is 39.4 Å². The van der Waals surface area contributed by atoms with Crippen molar-refractivity contribution in [1.29, 1.82) is 0 Å². The van der Waals surface area contributed by atoms with Gasteiger partial charge in [-0.3, -0.25) is 0 Å². The number of halogens is 1. The maximum Gasteiger partial charge on any atom is 0.188 e. The predicted molar refractivity (Wildman–Crippen MR) is 104 cm³/mol. The van der Waals surface area contributed by atoms with Crippen molar-refractivity contribution in [1.82, 2.24) is 5.32 Å². The van der Waals surface area contributed by atoms with Crippen molar-refractivity contribution < 1.29 is 18.6 Å². The second kappa shape index (κ2) is 10.3. The molecule has 0 saturated carbocycles. The van der Waals surface area contributed by atoms with Crippen molar-refractivity contribution in [2.45, 2.75) is 19.4 Å². The normalized spacial score (nSPS) is 12.4. The fourth-order valence-corrected chi connectivity index (χ4v) is 2.46. The topological polar surface area (TPSA) is 78.1 Å². The van der Waals surface area contributed by atoms with Crippen molar-refractivity contribution in [2.24, 2.45) is 10.7 Å². The number of nitrogens with zero attached hydrogens (tertiary/aromatic N) is 1.